The summed E-state index contributed by atoms with van der Waals surface area (Å²) in [4.78, 5) is 0. The van der Waals surface area contributed by atoms with E-state index in [2.05, 4.69) is 10.6 Å². The van der Waals surface area contributed by atoms with Crippen molar-refractivity contribution in [2.45, 2.75) is 13.0 Å². The Bertz CT molecular complexity index is 328. The molecule has 2 N–H and O–H groups in total. The van der Waals surface area contributed by atoms with E-state index in [0.29, 0.717) is 5.11 Å². The molecule has 14 heavy (non-hydrogen) atoms. The van der Waals surface area contributed by atoms with E-state index < -0.39 is 0 Å². The molecule has 0 amide bonds. The van der Waals surface area contributed by atoms with Crippen LogP contribution in [0.4, 0.5) is 4.39 Å². The third kappa shape index (κ3) is 2.96. The van der Waals surface area contributed by atoms with Gasteiger partial charge in [-0.2, -0.15) is 0 Å². The predicted molar refractivity (Wildman–Crippen MR) is 59.6 cm³/mol. The monoisotopic (exact) mass is 212 g/mol. The van der Waals surface area contributed by atoms with Crippen LogP contribution in [0.25, 0.3) is 0 Å². The maximum absolute atomic E-state index is 12.9. The molecule has 0 aliphatic heterocycles. The van der Waals surface area contributed by atoms with Crippen LogP contribution in [0.2, 0.25) is 0 Å². The van der Waals surface area contributed by atoms with Gasteiger partial charge in [0, 0.05) is 7.05 Å². The highest BCUT2D eigenvalue weighted by Gasteiger charge is 2.06. The summed E-state index contributed by atoms with van der Waals surface area (Å²) in [6.45, 7) is 1.93. The second kappa shape index (κ2) is 4.91. The van der Waals surface area contributed by atoms with Gasteiger partial charge >= 0.3 is 0 Å². The van der Waals surface area contributed by atoms with E-state index in [-0.39, 0.29) is 11.9 Å². The Hall–Kier alpha value is -1.16. The summed E-state index contributed by atoms with van der Waals surface area (Å²) in [5.41, 5.74) is 0.877. The summed E-state index contributed by atoms with van der Waals surface area (Å²) >= 11 is 4.95. The first-order valence-electron chi connectivity index (χ1n) is 4.37. The topological polar surface area (TPSA) is 24.1 Å². The number of benzene rings is 1. The minimum atomic E-state index is -0.230. The van der Waals surface area contributed by atoms with Crippen LogP contribution in [0.3, 0.4) is 0 Å². The van der Waals surface area contributed by atoms with Crippen molar-refractivity contribution >= 4 is 17.3 Å². The Kier molecular flexibility index (Phi) is 3.83. The molecule has 0 spiro atoms. The second-order valence-electron chi connectivity index (χ2n) is 3.00. The van der Waals surface area contributed by atoms with E-state index in [1.54, 1.807) is 13.1 Å². The molecule has 1 atom stereocenters. The summed E-state index contributed by atoms with van der Waals surface area (Å²) in [6.07, 6.45) is 0. The second-order valence-corrected chi connectivity index (χ2v) is 3.41. The van der Waals surface area contributed by atoms with Crippen LogP contribution in [-0.2, 0) is 0 Å². The van der Waals surface area contributed by atoms with Crippen molar-refractivity contribution in [2.75, 3.05) is 7.05 Å². The highest BCUT2D eigenvalue weighted by atomic mass is 32.1. The molecule has 0 saturated carbocycles. The molecule has 0 aromatic heterocycles. The molecule has 1 aromatic carbocycles. The molecule has 0 bridgehead atoms. The first-order valence-corrected chi connectivity index (χ1v) is 4.78. The van der Waals surface area contributed by atoms with Gasteiger partial charge in [0.05, 0.1) is 6.04 Å². The average molecular weight is 212 g/mol. The molecule has 1 rings (SSSR count). The van der Waals surface area contributed by atoms with Crippen LogP contribution in [0.1, 0.15) is 18.5 Å². The number of hydrogen-bond acceptors (Lipinski definition) is 1. The van der Waals surface area contributed by atoms with Crippen molar-refractivity contribution in [1.82, 2.24) is 10.6 Å². The lowest BCUT2D eigenvalue weighted by atomic mass is 10.1. The Balaban J connectivity index is 2.69. The van der Waals surface area contributed by atoms with Gasteiger partial charge in [-0.15, -0.1) is 0 Å². The first kappa shape index (κ1) is 10.9. The van der Waals surface area contributed by atoms with Gasteiger partial charge in [-0.3, -0.25) is 0 Å². The Labute approximate surface area is 88.5 Å². The fraction of sp³-hybridized carbons (Fsp3) is 0.300. The molecular formula is C10H13FN2S. The van der Waals surface area contributed by atoms with Gasteiger partial charge in [-0.1, -0.05) is 12.1 Å². The molecule has 4 heteroatoms. The molecule has 0 radical (unpaired) electrons. The quantitative estimate of drug-likeness (QED) is 0.733. The van der Waals surface area contributed by atoms with Crippen molar-refractivity contribution in [3.63, 3.8) is 0 Å². The largest absolute Gasteiger partial charge is 0.366 e. The smallest absolute Gasteiger partial charge is 0.166 e. The Morgan fingerprint density at radius 2 is 2.21 bits per heavy atom. The number of halogens is 1. The summed E-state index contributed by atoms with van der Waals surface area (Å²) in [7, 11) is 1.74. The van der Waals surface area contributed by atoms with E-state index >= 15 is 0 Å². The molecule has 2 nitrogen and oxygen atoms in total. The molecule has 1 aromatic rings. The maximum atomic E-state index is 12.9. The third-order valence-corrected chi connectivity index (χ3v) is 2.25. The van der Waals surface area contributed by atoms with Crippen LogP contribution in [-0.4, -0.2) is 12.2 Å². The van der Waals surface area contributed by atoms with E-state index in [4.69, 9.17) is 12.2 Å². The lowest BCUT2D eigenvalue weighted by Crippen LogP contribution is -2.34. The number of rotatable bonds is 2. The van der Waals surface area contributed by atoms with Crippen LogP contribution in [0, 0.1) is 5.82 Å². The summed E-state index contributed by atoms with van der Waals surface area (Å²) < 4.78 is 12.9. The van der Waals surface area contributed by atoms with Crippen molar-refractivity contribution in [1.29, 1.82) is 0 Å². The van der Waals surface area contributed by atoms with E-state index in [1.807, 2.05) is 13.0 Å². The van der Waals surface area contributed by atoms with Crippen LogP contribution < -0.4 is 10.6 Å². The summed E-state index contributed by atoms with van der Waals surface area (Å²) in [6, 6.07) is 6.47. The summed E-state index contributed by atoms with van der Waals surface area (Å²) in [5, 5.41) is 6.39. The third-order valence-electron chi connectivity index (χ3n) is 1.92. The average Bonchev–Trinajstić information content (AvgIpc) is 2.17. The van der Waals surface area contributed by atoms with Crippen molar-refractivity contribution in [3.05, 3.63) is 35.6 Å². The molecule has 1 unspecified atom stereocenters. The maximum Gasteiger partial charge on any atom is 0.166 e. The molecule has 0 saturated heterocycles. The lowest BCUT2D eigenvalue weighted by molar-refractivity contribution is 0.617. The Morgan fingerprint density at radius 1 is 1.50 bits per heavy atom. The van der Waals surface area contributed by atoms with Crippen LogP contribution >= 0.6 is 12.2 Å². The first-order chi connectivity index (χ1) is 6.63. The number of nitrogens with one attached hydrogen (secondary N) is 2. The van der Waals surface area contributed by atoms with E-state index in [0.717, 1.165) is 5.56 Å². The van der Waals surface area contributed by atoms with Gasteiger partial charge in [0.1, 0.15) is 5.82 Å². The van der Waals surface area contributed by atoms with Gasteiger partial charge in [0.15, 0.2) is 5.11 Å². The molecule has 0 aliphatic carbocycles. The van der Waals surface area contributed by atoms with Crippen LogP contribution in [0.15, 0.2) is 24.3 Å². The van der Waals surface area contributed by atoms with Crippen LogP contribution in [0.5, 0.6) is 0 Å². The normalized spacial score (nSPS) is 11.9. The summed E-state index contributed by atoms with van der Waals surface area (Å²) in [5.74, 6) is -0.230. The van der Waals surface area contributed by atoms with Gasteiger partial charge in [0.2, 0.25) is 0 Å². The van der Waals surface area contributed by atoms with Gasteiger partial charge < -0.3 is 10.6 Å². The van der Waals surface area contributed by atoms with E-state index in [1.165, 1.54) is 12.1 Å². The number of hydrogen-bond donors (Lipinski definition) is 2. The molecular weight excluding hydrogens is 199 g/mol. The van der Waals surface area contributed by atoms with E-state index in [9.17, 15) is 4.39 Å². The van der Waals surface area contributed by atoms with Gasteiger partial charge in [-0.25, -0.2) is 4.39 Å². The predicted octanol–water partition coefficient (Wildman–Crippen LogP) is 1.98. The zero-order chi connectivity index (χ0) is 10.6. The standard InChI is InChI=1S/C10H13FN2S/c1-7(13-10(14)12-2)8-4-3-5-9(11)6-8/h3-7H,1-2H3,(H2,12,13,14). The van der Waals surface area contributed by atoms with Gasteiger partial charge in [-0.05, 0) is 36.8 Å². The minimum Gasteiger partial charge on any atom is -0.366 e. The van der Waals surface area contributed by atoms with Crippen molar-refractivity contribution in [2.24, 2.45) is 0 Å². The minimum absolute atomic E-state index is 0.00523. The SMILES string of the molecule is CNC(=S)NC(C)c1cccc(F)c1. The fourth-order valence-corrected chi connectivity index (χ4v) is 1.30. The zero-order valence-electron chi connectivity index (χ0n) is 8.17. The molecule has 0 fully saturated rings. The highest BCUT2D eigenvalue weighted by Crippen LogP contribution is 2.12. The van der Waals surface area contributed by atoms with Crippen molar-refractivity contribution in [3.8, 4) is 0 Å². The number of thiocarbonyl (C=S) groups is 1. The molecule has 76 valence electrons. The molecule has 0 aliphatic rings. The lowest BCUT2D eigenvalue weighted by Gasteiger charge is -2.15. The Morgan fingerprint density at radius 3 is 2.79 bits per heavy atom. The van der Waals surface area contributed by atoms with Crippen molar-refractivity contribution < 1.29 is 4.39 Å². The zero-order valence-corrected chi connectivity index (χ0v) is 8.99. The fourth-order valence-electron chi connectivity index (χ4n) is 1.13. The van der Waals surface area contributed by atoms with Gasteiger partial charge in [0.25, 0.3) is 0 Å². The highest BCUT2D eigenvalue weighted by molar-refractivity contribution is 7.80. The molecule has 0 heterocycles.